The molecular formula is C14H21BrN2O. The molecule has 1 aliphatic rings. The van der Waals surface area contributed by atoms with E-state index in [0.29, 0.717) is 0 Å². The molecule has 0 aliphatic heterocycles. The summed E-state index contributed by atoms with van der Waals surface area (Å²) in [6, 6.07) is 2.18. The average molecular weight is 313 g/mol. The zero-order valence-corrected chi connectivity index (χ0v) is 12.9. The lowest BCUT2D eigenvalue weighted by Gasteiger charge is -2.26. The lowest BCUT2D eigenvalue weighted by molar-refractivity contribution is 0.0897. The number of nitrogens with zero attached hydrogens (tertiary/aromatic N) is 1. The molecule has 1 aromatic heterocycles. The van der Waals surface area contributed by atoms with Gasteiger partial charge in [-0.1, -0.05) is 12.8 Å². The van der Waals surface area contributed by atoms with Crippen molar-refractivity contribution in [2.45, 2.75) is 58.0 Å². The first-order chi connectivity index (χ1) is 8.41. The Kier molecular flexibility index (Phi) is 3.85. The van der Waals surface area contributed by atoms with Gasteiger partial charge in [-0.05, 0) is 55.6 Å². The summed E-state index contributed by atoms with van der Waals surface area (Å²) in [7, 11) is 0. The van der Waals surface area contributed by atoms with E-state index < -0.39 is 0 Å². The Balaban J connectivity index is 2.18. The van der Waals surface area contributed by atoms with Crippen LogP contribution >= 0.6 is 15.9 Å². The van der Waals surface area contributed by atoms with Crippen molar-refractivity contribution in [3.8, 4) is 0 Å². The van der Waals surface area contributed by atoms with Gasteiger partial charge in [-0.2, -0.15) is 0 Å². The van der Waals surface area contributed by atoms with Gasteiger partial charge in [0.2, 0.25) is 0 Å². The fourth-order valence-electron chi connectivity index (χ4n) is 2.67. The van der Waals surface area contributed by atoms with Crippen molar-refractivity contribution >= 4 is 21.8 Å². The Morgan fingerprint density at radius 2 is 2.06 bits per heavy atom. The molecule has 0 saturated heterocycles. The molecule has 1 aliphatic carbocycles. The first-order valence-electron chi connectivity index (χ1n) is 6.61. The third kappa shape index (κ3) is 2.79. The maximum Gasteiger partial charge on any atom is 0.268 e. The summed E-state index contributed by atoms with van der Waals surface area (Å²) >= 11 is 3.44. The Labute approximate surface area is 117 Å². The highest BCUT2D eigenvalue weighted by Crippen LogP contribution is 2.29. The van der Waals surface area contributed by atoms with Gasteiger partial charge in [0.15, 0.2) is 0 Å². The fraction of sp³-hybridized carbons (Fsp3) is 0.643. The van der Waals surface area contributed by atoms with E-state index in [0.717, 1.165) is 23.0 Å². The van der Waals surface area contributed by atoms with E-state index in [4.69, 9.17) is 0 Å². The van der Waals surface area contributed by atoms with Crippen LogP contribution in [0.15, 0.2) is 16.7 Å². The van der Waals surface area contributed by atoms with Crippen LogP contribution in [0.3, 0.4) is 0 Å². The van der Waals surface area contributed by atoms with Crippen LogP contribution in [0.25, 0.3) is 0 Å². The fourth-order valence-corrected chi connectivity index (χ4v) is 3.11. The van der Waals surface area contributed by atoms with Gasteiger partial charge in [0, 0.05) is 22.3 Å². The van der Waals surface area contributed by atoms with E-state index in [1.54, 1.807) is 0 Å². The molecule has 1 amide bonds. The summed E-state index contributed by atoms with van der Waals surface area (Å²) in [5.74, 6) is 0.0406. The summed E-state index contributed by atoms with van der Waals surface area (Å²) in [5.41, 5.74) is 0.723. The van der Waals surface area contributed by atoms with Crippen molar-refractivity contribution in [1.82, 2.24) is 9.88 Å². The highest BCUT2D eigenvalue weighted by Gasteiger charge is 2.31. The molecule has 0 bridgehead atoms. The average Bonchev–Trinajstić information content (AvgIpc) is 2.85. The van der Waals surface area contributed by atoms with E-state index in [1.807, 2.05) is 16.8 Å². The zero-order valence-electron chi connectivity index (χ0n) is 11.3. The molecule has 0 radical (unpaired) electrons. The van der Waals surface area contributed by atoms with Crippen molar-refractivity contribution in [1.29, 1.82) is 0 Å². The summed E-state index contributed by atoms with van der Waals surface area (Å²) < 4.78 is 2.97. The van der Waals surface area contributed by atoms with E-state index in [2.05, 4.69) is 42.0 Å². The summed E-state index contributed by atoms with van der Waals surface area (Å²) in [4.78, 5) is 12.4. The minimum absolute atomic E-state index is 0.0182. The molecular weight excluding hydrogens is 292 g/mol. The lowest BCUT2D eigenvalue weighted by Crippen LogP contribution is -2.44. The highest BCUT2D eigenvalue weighted by atomic mass is 79.9. The third-order valence-corrected chi connectivity index (χ3v) is 4.16. The Morgan fingerprint density at radius 3 is 2.61 bits per heavy atom. The maximum absolute atomic E-state index is 12.4. The van der Waals surface area contributed by atoms with Gasteiger partial charge >= 0.3 is 0 Å². The van der Waals surface area contributed by atoms with Crippen LogP contribution in [0.5, 0.6) is 0 Å². The van der Waals surface area contributed by atoms with E-state index in [-0.39, 0.29) is 17.5 Å². The highest BCUT2D eigenvalue weighted by molar-refractivity contribution is 9.10. The lowest BCUT2D eigenvalue weighted by atomic mass is 10.0. The molecule has 1 fully saturated rings. The number of carbonyl (C=O) groups is 1. The van der Waals surface area contributed by atoms with Crippen LogP contribution < -0.4 is 5.32 Å². The van der Waals surface area contributed by atoms with E-state index >= 15 is 0 Å². The normalized spacial score (nSPS) is 18.3. The largest absolute Gasteiger partial charge is 0.346 e. The van der Waals surface area contributed by atoms with Gasteiger partial charge in [0.05, 0.1) is 0 Å². The van der Waals surface area contributed by atoms with Crippen LogP contribution in [0.2, 0.25) is 0 Å². The predicted molar refractivity (Wildman–Crippen MR) is 76.9 cm³/mol. The number of hydrogen-bond acceptors (Lipinski definition) is 1. The first kappa shape index (κ1) is 13.7. The zero-order chi connectivity index (χ0) is 13.3. The van der Waals surface area contributed by atoms with Gasteiger partial charge in [0.1, 0.15) is 5.69 Å². The number of hydrogen-bond donors (Lipinski definition) is 1. The molecule has 4 heteroatoms. The second-order valence-corrected chi connectivity index (χ2v) is 6.68. The van der Waals surface area contributed by atoms with E-state index in [9.17, 15) is 4.79 Å². The SMILES string of the molecule is CC(C)n1cc(Br)cc1C(=O)NC1(C)CCCC1. The van der Waals surface area contributed by atoms with E-state index in [1.165, 1.54) is 12.8 Å². The number of aromatic nitrogens is 1. The number of rotatable bonds is 3. The molecule has 0 aromatic carbocycles. The molecule has 1 N–H and O–H groups in total. The van der Waals surface area contributed by atoms with Crippen LogP contribution in [-0.2, 0) is 0 Å². The summed E-state index contributed by atoms with van der Waals surface area (Å²) in [6.45, 7) is 6.32. The Hall–Kier alpha value is -0.770. The quantitative estimate of drug-likeness (QED) is 0.902. The molecule has 18 heavy (non-hydrogen) atoms. The maximum atomic E-state index is 12.4. The molecule has 100 valence electrons. The van der Waals surface area contributed by atoms with Crippen LogP contribution in [-0.4, -0.2) is 16.0 Å². The monoisotopic (exact) mass is 312 g/mol. The smallest absolute Gasteiger partial charge is 0.268 e. The second-order valence-electron chi connectivity index (χ2n) is 5.77. The molecule has 0 atom stereocenters. The topological polar surface area (TPSA) is 34.0 Å². The number of halogens is 1. The second kappa shape index (κ2) is 5.08. The first-order valence-corrected chi connectivity index (χ1v) is 7.40. The van der Waals surface area contributed by atoms with Gasteiger partial charge in [-0.15, -0.1) is 0 Å². The number of carbonyl (C=O) groups excluding carboxylic acids is 1. The molecule has 1 heterocycles. The minimum Gasteiger partial charge on any atom is -0.346 e. The van der Waals surface area contributed by atoms with Crippen molar-refractivity contribution in [2.24, 2.45) is 0 Å². The van der Waals surface area contributed by atoms with Crippen molar-refractivity contribution < 1.29 is 4.79 Å². The predicted octanol–water partition coefficient (Wildman–Crippen LogP) is 3.89. The minimum atomic E-state index is -0.0182. The van der Waals surface area contributed by atoms with Crippen LogP contribution in [0.1, 0.15) is 63.0 Å². The molecule has 3 nitrogen and oxygen atoms in total. The molecule has 1 aromatic rings. The van der Waals surface area contributed by atoms with Crippen molar-refractivity contribution in [3.05, 3.63) is 22.4 Å². The number of amides is 1. The molecule has 2 rings (SSSR count). The third-order valence-electron chi connectivity index (χ3n) is 3.73. The summed E-state index contributed by atoms with van der Waals surface area (Å²) in [6.07, 6.45) is 6.57. The van der Waals surface area contributed by atoms with Gasteiger partial charge in [-0.3, -0.25) is 4.79 Å². The Bertz CT molecular complexity index is 445. The summed E-state index contributed by atoms with van der Waals surface area (Å²) in [5, 5.41) is 3.20. The van der Waals surface area contributed by atoms with Crippen LogP contribution in [0, 0.1) is 0 Å². The number of nitrogens with one attached hydrogen (secondary N) is 1. The van der Waals surface area contributed by atoms with Gasteiger partial charge < -0.3 is 9.88 Å². The van der Waals surface area contributed by atoms with Gasteiger partial charge in [-0.25, -0.2) is 0 Å². The molecule has 0 unspecified atom stereocenters. The standard InChI is InChI=1S/C14H21BrN2O/c1-10(2)17-9-11(15)8-12(17)13(18)16-14(3)6-4-5-7-14/h8-10H,4-7H2,1-3H3,(H,16,18). The molecule has 1 saturated carbocycles. The van der Waals surface area contributed by atoms with Crippen molar-refractivity contribution in [3.63, 3.8) is 0 Å². The Morgan fingerprint density at radius 1 is 1.44 bits per heavy atom. The van der Waals surface area contributed by atoms with Crippen LogP contribution in [0.4, 0.5) is 0 Å². The van der Waals surface area contributed by atoms with Gasteiger partial charge in [0.25, 0.3) is 5.91 Å². The molecule has 0 spiro atoms. The van der Waals surface area contributed by atoms with Crippen molar-refractivity contribution in [2.75, 3.05) is 0 Å².